The number of ether oxygens (including phenoxy) is 1. The average Bonchev–Trinajstić information content (AvgIpc) is 3.01. The molecule has 0 radical (unpaired) electrons. The van der Waals surface area contributed by atoms with E-state index in [1.807, 2.05) is 12.1 Å². The third kappa shape index (κ3) is 2.62. The molecule has 0 saturated heterocycles. The van der Waals surface area contributed by atoms with E-state index >= 15 is 0 Å². The number of aromatic nitrogens is 1. The van der Waals surface area contributed by atoms with Crippen LogP contribution in [0.2, 0.25) is 0 Å². The van der Waals surface area contributed by atoms with Gasteiger partial charge in [0.1, 0.15) is 5.76 Å². The van der Waals surface area contributed by atoms with Crippen molar-refractivity contribution in [2.24, 2.45) is 0 Å². The molecule has 1 amide bonds. The van der Waals surface area contributed by atoms with Crippen molar-refractivity contribution in [3.8, 4) is 5.88 Å². The van der Waals surface area contributed by atoms with Gasteiger partial charge in [-0.1, -0.05) is 0 Å². The summed E-state index contributed by atoms with van der Waals surface area (Å²) in [5.41, 5.74) is 4.23. The van der Waals surface area contributed by atoms with E-state index in [1.54, 1.807) is 11.2 Å². The molecule has 4 rings (SSSR count). The minimum absolute atomic E-state index is 0.00292. The lowest BCUT2D eigenvalue weighted by Crippen LogP contribution is -2.31. The Labute approximate surface area is 139 Å². The zero-order valence-electron chi connectivity index (χ0n) is 13.7. The normalized spacial score (nSPS) is 14.4. The fourth-order valence-corrected chi connectivity index (χ4v) is 2.95. The molecule has 122 valence electrons. The topological polar surface area (TPSA) is 55.6 Å². The van der Waals surface area contributed by atoms with Gasteiger partial charge in [0.05, 0.1) is 24.9 Å². The fraction of sp³-hybridized carbons (Fsp3) is 0.263. The zero-order valence-corrected chi connectivity index (χ0v) is 13.7. The van der Waals surface area contributed by atoms with Crippen molar-refractivity contribution < 1.29 is 13.9 Å². The van der Waals surface area contributed by atoms with E-state index in [0.717, 1.165) is 22.2 Å². The molecule has 5 nitrogen and oxygen atoms in total. The largest absolute Gasteiger partial charge is 0.467 e. The molecular formula is C19H18N2O3. The van der Waals surface area contributed by atoms with E-state index in [9.17, 15) is 4.79 Å². The van der Waals surface area contributed by atoms with Crippen LogP contribution in [0.15, 0.2) is 41.0 Å². The summed E-state index contributed by atoms with van der Waals surface area (Å²) in [6, 6.07) is 9.94. The van der Waals surface area contributed by atoms with Crippen LogP contribution >= 0.6 is 0 Å². The summed E-state index contributed by atoms with van der Waals surface area (Å²) in [7, 11) is 0. The average molecular weight is 322 g/mol. The Balaban J connectivity index is 1.73. The van der Waals surface area contributed by atoms with E-state index in [4.69, 9.17) is 9.15 Å². The van der Waals surface area contributed by atoms with Crippen LogP contribution in [-0.2, 0) is 17.9 Å². The molecule has 5 heteroatoms. The van der Waals surface area contributed by atoms with Gasteiger partial charge in [0.15, 0.2) is 6.61 Å². The Morgan fingerprint density at radius 1 is 1.21 bits per heavy atom. The molecule has 0 fully saturated rings. The predicted molar refractivity (Wildman–Crippen MR) is 89.7 cm³/mol. The maximum Gasteiger partial charge on any atom is 0.261 e. The zero-order chi connectivity index (χ0) is 16.7. The molecule has 0 N–H and O–H groups in total. The van der Waals surface area contributed by atoms with Gasteiger partial charge in [-0.15, -0.1) is 0 Å². The number of rotatable bonds is 2. The van der Waals surface area contributed by atoms with Gasteiger partial charge in [-0.05, 0) is 55.3 Å². The van der Waals surface area contributed by atoms with Gasteiger partial charge in [-0.3, -0.25) is 4.79 Å². The maximum absolute atomic E-state index is 12.3. The van der Waals surface area contributed by atoms with E-state index in [0.29, 0.717) is 19.0 Å². The van der Waals surface area contributed by atoms with E-state index in [2.05, 4.69) is 37.0 Å². The summed E-state index contributed by atoms with van der Waals surface area (Å²) in [4.78, 5) is 18.7. The van der Waals surface area contributed by atoms with Crippen molar-refractivity contribution in [3.05, 3.63) is 59.0 Å². The Morgan fingerprint density at radius 3 is 2.83 bits per heavy atom. The van der Waals surface area contributed by atoms with Gasteiger partial charge in [0, 0.05) is 10.9 Å². The molecule has 1 aromatic carbocycles. The van der Waals surface area contributed by atoms with Crippen LogP contribution in [0.25, 0.3) is 10.9 Å². The number of pyridine rings is 1. The molecule has 24 heavy (non-hydrogen) atoms. The number of aryl methyl sites for hydroxylation is 2. The third-order valence-corrected chi connectivity index (χ3v) is 4.44. The van der Waals surface area contributed by atoms with Gasteiger partial charge in [0.2, 0.25) is 5.88 Å². The van der Waals surface area contributed by atoms with Crippen molar-refractivity contribution in [1.29, 1.82) is 0 Å². The molecule has 0 atom stereocenters. The molecule has 0 saturated carbocycles. The molecule has 1 aliphatic heterocycles. The highest BCUT2D eigenvalue weighted by atomic mass is 16.5. The highest BCUT2D eigenvalue weighted by Crippen LogP contribution is 2.28. The number of hydrogen-bond acceptors (Lipinski definition) is 4. The summed E-state index contributed by atoms with van der Waals surface area (Å²) in [6.45, 7) is 5.04. The number of hydrogen-bond donors (Lipinski definition) is 0. The number of nitrogens with zero attached hydrogens (tertiary/aromatic N) is 2. The number of fused-ring (bicyclic) bond motifs is 2. The SMILES string of the molecule is Cc1cc2cc3c(nc2cc1C)OCC(=O)N(Cc1ccco1)C3. The van der Waals surface area contributed by atoms with Gasteiger partial charge < -0.3 is 14.1 Å². The van der Waals surface area contributed by atoms with Gasteiger partial charge in [0.25, 0.3) is 5.91 Å². The molecular weight excluding hydrogens is 304 g/mol. The van der Waals surface area contributed by atoms with E-state index in [1.165, 1.54) is 11.1 Å². The van der Waals surface area contributed by atoms with Crippen molar-refractivity contribution >= 4 is 16.8 Å². The van der Waals surface area contributed by atoms with Crippen LogP contribution in [0.4, 0.5) is 0 Å². The number of furan rings is 1. The van der Waals surface area contributed by atoms with Crippen LogP contribution in [0, 0.1) is 13.8 Å². The highest BCUT2D eigenvalue weighted by Gasteiger charge is 2.24. The van der Waals surface area contributed by atoms with E-state index in [-0.39, 0.29) is 12.5 Å². The second-order valence-corrected chi connectivity index (χ2v) is 6.20. The first-order valence-electron chi connectivity index (χ1n) is 7.94. The van der Waals surface area contributed by atoms with Gasteiger partial charge in [-0.25, -0.2) is 4.98 Å². The smallest absolute Gasteiger partial charge is 0.261 e. The Hall–Kier alpha value is -2.82. The second kappa shape index (κ2) is 5.67. The van der Waals surface area contributed by atoms with Crippen molar-refractivity contribution in [3.63, 3.8) is 0 Å². The Bertz CT molecular complexity index is 916. The van der Waals surface area contributed by atoms with Gasteiger partial charge >= 0.3 is 0 Å². The molecule has 3 heterocycles. The summed E-state index contributed by atoms with van der Waals surface area (Å²) in [6.07, 6.45) is 1.61. The number of benzene rings is 1. The van der Waals surface area contributed by atoms with Crippen LogP contribution in [0.5, 0.6) is 5.88 Å². The van der Waals surface area contributed by atoms with Crippen LogP contribution < -0.4 is 4.74 Å². The van der Waals surface area contributed by atoms with Gasteiger partial charge in [-0.2, -0.15) is 0 Å². The molecule has 0 aliphatic carbocycles. The lowest BCUT2D eigenvalue weighted by atomic mass is 10.0. The molecule has 2 aromatic heterocycles. The quantitative estimate of drug-likeness (QED) is 0.726. The van der Waals surface area contributed by atoms with Crippen LogP contribution in [0.1, 0.15) is 22.5 Å². The molecule has 0 spiro atoms. The number of amides is 1. The maximum atomic E-state index is 12.3. The van der Waals surface area contributed by atoms with Crippen molar-refractivity contribution in [1.82, 2.24) is 9.88 Å². The Morgan fingerprint density at radius 2 is 2.04 bits per heavy atom. The third-order valence-electron chi connectivity index (χ3n) is 4.44. The molecule has 1 aliphatic rings. The summed E-state index contributed by atoms with van der Waals surface area (Å²) >= 11 is 0. The fourth-order valence-electron chi connectivity index (χ4n) is 2.95. The first-order valence-corrected chi connectivity index (χ1v) is 7.94. The highest BCUT2D eigenvalue weighted by molar-refractivity contribution is 5.83. The first-order chi connectivity index (χ1) is 11.6. The lowest BCUT2D eigenvalue weighted by molar-refractivity contribution is -0.134. The summed E-state index contributed by atoms with van der Waals surface area (Å²) in [5, 5.41) is 1.06. The first kappa shape index (κ1) is 14.8. The van der Waals surface area contributed by atoms with Crippen molar-refractivity contribution in [2.45, 2.75) is 26.9 Å². The lowest BCUT2D eigenvalue weighted by Gasteiger charge is -2.18. The minimum atomic E-state index is -0.0687. The van der Waals surface area contributed by atoms with Crippen LogP contribution in [0.3, 0.4) is 0 Å². The van der Waals surface area contributed by atoms with E-state index < -0.39 is 0 Å². The second-order valence-electron chi connectivity index (χ2n) is 6.20. The Kier molecular flexibility index (Phi) is 3.49. The number of carbonyl (C=O) groups is 1. The molecule has 0 unspecified atom stereocenters. The summed E-state index contributed by atoms with van der Waals surface area (Å²) < 4.78 is 11.0. The summed E-state index contributed by atoms with van der Waals surface area (Å²) in [5.74, 6) is 1.23. The standard InChI is InChI=1S/C19H18N2O3/c1-12-6-14-8-15-9-21(10-16-4-3-5-23-16)18(22)11-24-19(15)20-17(14)7-13(12)2/h3-8H,9-11H2,1-2H3. The van der Waals surface area contributed by atoms with Crippen LogP contribution in [-0.4, -0.2) is 22.4 Å². The predicted octanol–water partition coefficient (Wildman–Crippen LogP) is 3.37. The number of carbonyl (C=O) groups excluding carboxylic acids is 1. The molecule has 3 aromatic rings. The molecule has 0 bridgehead atoms. The minimum Gasteiger partial charge on any atom is -0.467 e. The van der Waals surface area contributed by atoms with Crippen molar-refractivity contribution in [2.75, 3.05) is 6.61 Å². The monoisotopic (exact) mass is 322 g/mol.